The van der Waals surface area contributed by atoms with Crippen LogP contribution in [0.2, 0.25) is 0 Å². The molecule has 1 atom stereocenters. The van der Waals surface area contributed by atoms with E-state index in [4.69, 9.17) is 4.74 Å². The number of nitriles is 1. The first kappa shape index (κ1) is 14.9. The molecule has 3 nitrogen and oxygen atoms in total. The van der Waals surface area contributed by atoms with Gasteiger partial charge in [0, 0.05) is 6.04 Å². The molecule has 0 radical (unpaired) electrons. The summed E-state index contributed by atoms with van der Waals surface area (Å²) in [5, 5.41) is 12.7. The Bertz CT molecular complexity index is 476. The van der Waals surface area contributed by atoms with E-state index in [9.17, 15) is 5.26 Å². The third kappa shape index (κ3) is 4.25. The Morgan fingerprint density at radius 1 is 1.40 bits per heavy atom. The zero-order valence-electron chi connectivity index (χ0n) is 12.5. The van der Waals surface area contributed by atoms with Gasteiger partial charge in [-0.05, 0) is 50.7 Å². The first-order valence-corrected chi connectivity index (χ1v) is 7.56. The number of para-hydroxylation sites is 1. The van der Waals surface area contributed by atoms with Crippen molar-refractivity contribution in [1.82, 2.24) is 5.32 Å². The van der Waals surface area contributed by atoms with E-state index in [0.29, 0.717) is 12.6 Å². The van der Waals surface area contributed by atoms with Crippen molar-refractivity contribution in [3.8, 4) is 11.8 Å². The first-order chi connectivity index (χ1) is 9.67. The van der Waals surface area contributed by atoms with Gasteiger partial charge in [-0.15, -0.1) is 0 Å². The minimum atomic E-state index is -0.408. The predicted octanol–water partition coefficient (Wildman–Crippen LogP) is 3.44. The zero-order valence-corrected chi connectivity index (χ0v) is 12.5. The summed E-state index contributed by atoms with van der Waals surface area (Å²) in [7, 11) is 0. The molecule has 1 aliphatic rings. The molecule has 0 bridgehead atoms. The predicted molar refractivity (Wildman–Crippen MR) is 80.7 cm³/mol. The van der Waals surface area contributed by atoms with Gasteiger partial charge in [-0.3, -0.25) is 5.32 Å². The van der Waals surface area contributed by atoms with Crippen LogP contribution in [0.25, 0.3) is 0 Å². The van der Waals surface area contributed by atoms with Crippen molar-refractivity contribution >= 4 is 0 Å². The van der Waals surface area contributed by atoms with Crippen LogP contribution in [0.3, 0.4) is 0 Å². The minimum absolute atomic E-state index is 0.408. The van der Waals surface area contributed by atoms with Gasteiger partial charge in [-0.2, -0.15) is 5.26 Å². The molecule has 20 heavy (non-hydrogen) atoms. The molecule has 1 aromatic carbocycles. The topological polar surface area (TPSA) is 45.0 Å². The Morgan fingerprint density at radius 2 is 2.15 bits per heavy atom. The average molecular weight is 272 g/mol. The van der Waals surface area contributed by atoms with Gasteiger partial charge in [0.1, 0.15) is 11.3 Å². The summed E-state index contributed by atoms with van der Waals surface area (Å²) in [4.78, 5) is 0. The van der Waals surface area contributed by atoms with E-state index in [1.54, 1.807) is 0 Å². The van der Waals surface area contributed by atoms with Crippen LogP contribution in [0.5, 0.6) is 5.75 Å². The van der Waals surface area contributed by atoms with Crippen LogP contribution in [-0.2, 0) is 6.42 Å². The minimum Gasteiger partial charge on any atom is -0.493 e. The summed E-state index contributed by atoms with van der Waals surface area (Å²) >= 11 is 0. The molecular weight excluding hydrogens is 248 g/mol. The third-order valence-electron chi connectivity index (χ3n) is 3.78. The lowest BCUT2D eigenvalue weighted by atomic mass is 9.98. The van der Waals surface area contributed by atoms with Crippen LogP contribution >= 0.6 is 0 Å². The monoisotopic (exact) mass is 272 g/mol. The van der Waals surface area contributed by atoms with Crippen LogP contribution < -0.4 is 10.1 Å². The van der Waals surface area contributed by atoms with E-state index in [1.165, 1.54) is 18.4 Å². The second-order valence-corrected chi connectivity index (χ2v) is 5.78. The lowest BCUT2D eigenvalue weighted by Crippen LogP contribution is -2.42. The molecule has 0 saturated heterocycles. The normalized spacial score (nSPS) is 17.2. The summed E-state index contributed by atoms with van der Waals surface area (Å²) in [6.07, 6.45) is 5.11. The fourth-order valence-electron chi connectivity index (χ4n) is 2.38. The van der Waals surface area contributed by atoms with Crippen LogP contribution in [0.15, 0.2) is 24.3 Å². The summed E-state index contributed by atoms with van der Waals surface area (Å²) in [5.41, 5.74) is 0.834. The van der Waals surface area contributed by atoms with Gasteiger partial charge in [-0.25, -0.2) is 0 Å². The number of rotatable bonds is 8. The largest absolute Gasteiger partial charge is 0.493 e. The highest BCUT2D eigenvalue weighted by atomic mass is 16.5. The summed E-state index contributed by atoms with van der Waals surface area (Å²) in [6, 6.07) is 11.1. The Hall–Kier alpha value is -1.53. The maximum Gasteiger partial charge on any atom is 0.122 e. The standard InChI is InChI=1S/C17H24N2O/c1-3-14-7-4-5-8-16(14)20-12-6-11-17(2,13-18)19-15-9-10-15/h4-5,7-8,15,19H,3,6,9-12H2,1-2H3. The van der Waals surface area contributed by atoms with E-state index in [1.807, 2.05) is 25.1 Å². The third-order valence-corrected chi connectivity index (χ3v) is 3.78. The SMILES string of the molecule is CCc1ccccc1OCCCC(C)(C#N)NC1CC1. The Labute approximate surface area is 121 Å². The summed E-state index contributed by atoms with van der Waals surface area (Å²) in [5.74, 6) is 0.976. The lowest BCUT2D eigenvalue weighted by Gasteiger charge is -2.23. The maximum atomic E-state index is 9.31. The zero-order chi connectivity index (χ0) is 14.4. The highest BCUT2D eigenvalue weighted by Crippen LogP contribution is 2.25. The van der Waals surface area contributed by atoms with Gasteiger partial charge in [0.15, 0.2) is 0 Å². The summed E-state index contributed by atoms with van der Waals surface area (Å²) < 4.78 is 5.85. The Kier molecular flexibility index (Phi) is 5.03. The van der Waals surface area contributed by atoms with E-state index in [-0.39, 0.29) is 0 Å². The van der Waals surface area contributed by atoms with Crippen LogP contribution in [0.1, 0.15) is 45.1 Å². The molecule has 1 aromatic rings. The quantitative estimate of drug-likeness (QED) is 0.737. The molecule has 1 N–H and O–H groups in total. The van der Waals surface area contributed by atoms with Crippen molar-refractivity contribution < 1.29 is 4.74 Å². The highest BCUT2D eigenvalue weighted by molar-refractivity contribution is 5.33. The number of hydrogen-bond acceptors (Lipinski definition) is 3. The van der Waals surface area contributed by atoms with Crippen molar-refractivity contribution in [2.24, 2.45) is 0 Å². The van der Waals surface area contributed by atoms with Crippen LogP contribution in [0, 0.1) is 11.3 Å². The van der Waals surface area contributed by atoms with E-state index in [2.05, 4.69) is 24.4 Å². The van der Waals surface area contributed by atoms with Gasteiger partial charge in [-0.1, -0.05) is 25.1 Å². The maximum absolute atomic E-state index is 9.31. The van der Waals surface area contributed by atoms with Crippen molar-refractivity contribution in [3.05, 3.63) is 29.8 Å². The molecule has 2 rings (SSSR count). The van der Waals surface area contributed by atoms with Crippen molar-refractivity contribution in [2.45, 2.75) is 57.5 Å². The highest BCUT2D eigenvalue weighted by Gasteiger charge is 2.31. The fourth-order valence-corrected chi connectivity index (χ4v) is 2.38. The number of hydrogen-bond donors (Lipinski definition) is 1. The molecule has 3 heteroatoms. The van der Waals surface area contributed by atoms with Crippen LogP contribution in [0.4, 0.5) is 0 Å². The first-order valence-electron chi connectivity index (χ1n) is 7.56. The molecule has 0 aromatic heterocycles. The Balaban J connectivity index is 1.76. The average Bonchev–Trinajstić information content (AvgIpc) is 3.28. The van der Waals surface area contributed by atoms with Gasteiger partial charge in [0.25, 0.3) is 0 Å². The second-order valence-electron chi connectivity index (χ2n) is 5.78. The van der Waals surface area contributed by atoms with E-state index >= 15 is 0 Å². The smallest absolute Gasteiger partial charge is 0.122 e. The summed E-state index contributed by atoms with van der Waals surface area (Å²) in [6.45, 7) is 4.79. The van der Waals surface area contributed by atoms with Crippen molar-refractivity contribution in [2.75, 3.05) is 6.61 Å². The molecule has 0 aliphatic heterocycles. The van der Waals surface area contributed by atoms with Crippen LogP contribution in [-0.4, -0.2) is 18.2 Å². The van der Waals surface area contributed by atoms with E-state index in [0.717, 1.165) is 25.0 Å². The number of benzene rings is 1. The molecule has 1 aliphatic carbocycles. The molecule has 108 valence electrons. The lowest BCUT2D eigenvalue weighted by molar-refractivity contribution is 0.282. The molecule has 0 spiro atoms. The molecule has 0 amide bonds. The van der Waals surface area contributed by atoms with Gasteiger partial charge < -0.3 is 4.74 Å². The van der Waals surface area contributed by atoms with E-state index < -0.39 is 5.54 Å². The number of nitrogens with zero attached hydrogens (tertiary/aromatic N) is 1. The number of aryl methyl sites for hydroxylation is 1. The molecule has 1 saturated carbocycles. The second kappa shape index (κ2) is 6.76. The number of nitrogens with one attached hydrogen (secondary N) is 1. The molecule has 0 heterocycles. The molecular formula is C17H24N2O. The molecule has 1 unspecified atom stereocenters. The van der Waals surface area contributed by atoms with Crippen molar-refractivity contribution in [1.29, 1.82) is 5.26 Å². The van der Waals surface area contributed by atoms with Gasteiger partial charge in [0.2, 0.25) is 0 Å². The van der Waals surface area contributed by atoms with Gasteiger partial charge in [0.05, 0.1) is 12.7 Å². The number of ether oxygens (including phenoxy) is 1. The Morgan fingerprint density at radius 3 is 2.80 bits per heavy atom. The molecule has 1 fully saturated rings. The van der Waals surface area contributed by atoms with Gasteiger partial charge >= 0.3 is 0 Å². The van der Waals surface area contributed by atoms with Crippen molar-refractivity contribution in [3.63, 3.8) is 0 Å². The fraction of sp³-hybridized carbons (Fsp3) is 0.588.